The summed E-state index contributed by atoms with van der Waals surface area (Å²) in [5, 5.41) is 21.3. The zero-order chi connectivity index (χ0) is 15.1. The van der Waals surface area contributed by atoms with Gasteiger partial charge in [-0.3, -0.25) is 0 Å². The summed E-state index contributed by atoms with van der Waals surface area (Å²) in [5.41, 5.74) is 1.70. The minimum Gasteiger partial charge on any atom is -0.507 e. The number of thiophene rings is 1. The minimum absolute atomic E-state index is 0.279. The lowest BCUT2D eigenvalue weighted by atomic mass is 10.2. The van der Waals surface area contributed by atoms with E-state index in [0.29, 0.717) is 0 Å². The van der Waals surface area contributed by atoms with E-state index >= 15 is 0 Å². The Labute approximate surface area is 134 Å². The molecule has 0 saturated heterocycles. The molecule has 4 aromatic rings. The fraction of sp³-hybridized carbons (Fsp3) is 0.0625. The molecule has 4 rings (SSSR count). The number of phenols is 1. The molecule has 0 aliphatic carbocycles. The van der Waals surface area contributed by atoms with Gasteiger partial charge in [0.25, 0.3) is 0 Å². The van der Waals surface area contributed by atoms with Crippen molar-refractivity contribution >= 4 is 54.5 Å². The number of phenolic OH excluding ortho intramolecular Hbond substituents is 1. The van der Waals surface area contributed by atoms with Gasteiger partial charge in [-0.25, -0.2) is 0 Å². The number of nitrogens with zero attached hydrogens (tertiary/aromatic N) is 3. The van der Waals surface area contributed by atoms with E-state index in [9.17, 15) is 5.11 Å². The van der Waals surface area contributed by atoms with Gasteiger partial charge in [0.05, 0.1) is 10.2 Å². The van der Waals surface area contributed by atoms with Crippen LogP contribution in [0.15, 0.2) is 52.7 Å². The Morgan fingerprint density at radius 3 is 2.82 bits per heavy atom. The number of fused-ring (bicyclic) bond motifs is 2. The zero-order valence-corrected chi connectivity index (χ0v) is 13.3. The number of aryl methyl sites for hydroxylation is 1. The van der Waals surface area contributed by atoms with E-state index in [1.807, 2.05) is 37.3 Å². The Bertz CT molecular complexity index is 1020. The Balaban J connectivity index is 1.82. The van der Waals surface area contributed by atoms with Gasteiger partial charge in [-0.15, -0.1) is 21.6 Å². The second-order valence-electron chi connectivity index (χ2n) is 4.91. The summed E-state index contributed by atoms with van der Waals surface area (Å²) in [6.07, 6.45) is 0. The molecule has 0 atom stereocenters. The Morgan fingerprint density at radius 2 is 1.91 bits per heavy atom. The number of aromatic hydroxyl groups is 1. The molecule has 0 radical (unpaired) electrons. The summed E-state index contributed by atoms with van der Waals surface area (Å²) < 4.78 is 5.32. The van der Waals surface area contributed by atoms with Crippen LogP contribution in [0.3, 0.4) is 0 Å². The van der Waals surface area contributed by atoms with Gasteiger partial charge < -0.3 is 5.11 Å². The van der Waals surface area contributed by atoms with Crippen molar-refractivity contribution in [3.05, 3.63) is 47.3 Å². The third-order valence-corrected chi connectivity index (χ3v) is 5.21. The molecule has 0 aliphatic heterocycles. The second kappa shape index (κ2) is 5.15. The average Bonchev–Trinajstić information content (AvgIpc) is 3.11. The molecule has 0 fully saturated rings. The molecule has 2 heterocycles. The van der Waals surface area contributed by atoms with Gasteiger partial charge in [0.1, 0.15) is 11.4 Å². The summed E-state index contributed by atoms with van der Waals surface area (Å²) in [6, 6.07) is 13.3. The quantitative estimate of drug-likeness (QED) is 0.464. The van der Waals surface area contributed by atoms with Gasteiger partial charge in [0, 0.05) is 15.6 Å². The van der Waals surface area contributed by atoms with Crippen LogP contribution in [0.5, 0.6) is 5.75 Å². The summed E-state index contributed by atoms with van der Waals surface area (Å²) in [4.78, 5) is 1.14. The van der Waals surface area contributed by atoms with Crippen molar-refractivity contribution in [3.63, 3.8) is 0 Å². The standard InChI is InChI=1S/C16H11N3OS2/c1-9-8-11-14(20)7-6-13(15(11)21-9)17-18-16-10-4-2-3-5-12(10)19-22-16/h2-8,20H,1H3. The van der Waals surface area contributed by atoms with E-state index in [0.717, 1.165) is 36.6 Å². The predicted octanol–water partition coefficient (Wildman–Crippen LogP) is 5.94. The lowest BCUT2D eigenvalue weighted by molar-refractivity contribution is 0.482. The van der Waals surface area contributed by atoms with E-state index in [1.165, 1.54) is 11.5 Å². The zero-order valence-electron chi connectivity index (χ0n) is 11.6. The molecule has 0 spiro atoms. The van der Waals surface area contributed by atoms with Gasteiger partial charge in [0.2, 0.25) is 0 Å². The van der Waals surface area contributed by atoms with Crippen LogP contribution in [0.4, 0.5) is 10.7 Å². The normalized spacial score (nSPS) is 11.9. The highest BCUT2D eigenvalue weighted by Crippen LogP contribution is 2.40. The van der Waals surface area contributed by atoms with Gasteiger partial charge >= 0.3 is 0 Å². The maximum Gasteiger partial charge on any atom is 0.166 e. The minimum atomic E-state index is 0.279. The first-order chi connectivity index (χ1) is 10.7. The lowest BCUT2D eigenvalue weighted by Crippen LogP contribution is -1.68. The van der Waals surface area contributed by atoms with Gasteiger partial charge in [-0.1, -0.05) is 12.1 Å². The predicted molar refractivity (Wildman–Crippen MR) is 92.0 cm³/mol. The van der Waals surface area contributed by atoms with Gasteiger partial charge in [-0.2, -0.15) is 4.37 Å². The summed E-state index contributed by atoms with van der Waals surface area (Å²) >= 11 is 2.95. The van der Waals surface area contributed by atoms with Crippen molar-refractivity contribution in [2.75, 3.05) is 0 Å². The van der Waals surface area contributed by atoms with Crippen LogP contribution in [0.1, 0.15) is 4.88 Å². The highest BCUT2D eigenvalue weighted by molar-refractivity contribution is 7.19. The topological polar surface area (TPSA) is 57.8 Å². The highest BCUT2D eigenvalue weighted by Gasteiger charge is 2.09. The SMILES string of the molecule is Cc1cc2c(O)ccc(N=Nc3snc4ccccc34)c2s1. The monoisotopic (exact) mass is 325 g/mol. The molecular weight excluding hydrogens is 314 g/mol. The molecule has 2 aromatic heterocycles. The molecule has 0 bridgehead atoms. The molecule has 2 aromatic carbocycles. The van der Waals surface area contributed by atoms with E-state index in [2.05, 4.69) is 14.6 Å². The number of azo groups is 1. The van der Waals surface area contributed by atoms with Crippen molar-refractivity contribution in [1.82, 2.24) is 4.37 Å². The summed E-state index contributed by atoms with van der Waals surface area (Å²) in [7, 11) is 0. The first-order valence-electron chi connectivity index (χ1n) is 6.70. The first kappa shape index (κ1) is 13.4. The number of rotatable bonds is 2. The largest absolute Gasteiger partial charge is 0.507 e. The Hall–Kier alpha value is -2.31. The van der Waals surface area contributed by atoms with E-state index < -0.39 is 0 Å². The number of benzene rings is 2. The molecule has 6 heteroatoms. The number of hydrogen-bond donors (Lipinski definition) is 1. The Morgan fingerprint density at radius 1 is 1.05 bits per heavy atom. The Kier molecular flexibility index (Phi) is 3.13. The number of aromatic nitrogens is 1. The third kappa shape index (κ3) is 2.17. The second-order valence-corrected chi connectivity index (χ2v) is 6.92. The maximum absolute atomic E-state index is 9.93. The van der Waals surface area contributed by atoms with Crippen LogP contribution in [-0.4, -0.2) is 9.48 Å². The van der Waals surface area contributed by atoms with E-state index in [-0.39, 0.29) is 5.75 Å². The van der Waals surface area contributed by atoms with Crippen LogP contribution >= 0.6 is 22.9 Å². The molecule has 4 nitrogen and oxygen atoms in total. The fourth-order valence-electron chi connectivity index (χ4n) is 2.34. The lowest BCUT2D eigenvalue weighted by Gasteiger charge is -1.97. The fourth-order valence-corrected chi connectivity index (χ4v) is 4.02. The first-order valence-corrected chi connectivity index (χ1v) is 8.29. The molecule has 0 aliphatic rings. The van der Waals surface area contributed by atoms with Crippen molar-refractivity contribution in [2.24, 2.45) is 10.2 Å². The molecule has 0 amide bonds. The van der Waals surface area contributed by atoms with Gasteiger partial charge in [-0.05, 0) is 48.8 Å². The van der Waals surface area contributed by atoms with Gasteiger partial charge in [0.15, 0.2) is 5.00 Å². The van der Waals surface area contributed by atoms with E-state index in [4.69, 9.17) is 0 Å². The molecule has 108 valence electrons. The number of hydrogen-bond acceptors (Lipinski definition) is 6. The van der Waals surface area contributed by atoms with E-state index in [1.54, 1.807) is 23.5 Å². The van der Waals surface area contributed by atoms with Crippen LogP contribution in [0.25, 0.3) is 21.0 Å². The maximum atomic E-state index is 9.93. The molecule has 0 unspecified atom stereocenters. The third-order valence-electron chi connectivity index (χ3n) is 3.38. The highest BCUT2D eigenvalue weighted by atomic mass is 32.1. The molecule has 0 saturated carbocycles. The van der Waals surface area contributed by atoms with Crippen LogP contribution in [0.2, 0.25) is 0 Å². The van der Waals surface area contributed by atoms with Crippen LogP contribution in [-0.2, 0) is 0 Å². The van der Waals surface area contributed by atoms with Crippen molar-refractivity contribution < 1.29 is 5.11 Å². The molecule has 22 heavy (non-hydrogen) atoms. The van der Waals surface area contributed by atoms with Crippen LogP contribution in [0, 0.1) is 6.92 Å². The van der Waals surface area contributed by atoms with Crippen molar-refractivity contribution in [2.45, 2.75) is 6.92 Å². The summed E-state index contributed by atoms with van der Waals surface area (Å²) in [5.74, 6) is 0.279. The van der Waals surface area contributed by atoms with Crippen LogP contribution < -0.4 is 0 Å². The summed E-state index contributed by atoms with van der Waals surface area (Å²) in [6.45, 7) is 2.02. The molecule has 1 N–H and O–H groups in total. The van der Waals surface area contributed by atoms with Crippen molar-refractivity contribution in [1.29, 1.82) is 0 Å². The smallest absolute Gasteiger partial charge is 0.166 e. The molecular formula is C16H11N3OS2. The van der Waals surface area contributed by atoms with Crippen molar-refractivity contribution in [3.8, 4) is 5.75 Å². The average molecular weight is 325 g/mol.